The van der Waals surface area contributed by atoms with Gasteiger partial charge in [0.2, 0.25) is 0 Å². The average molecular weight is 404 g/mol. The molecule has 2 aliphatic heterocycles. The minimum Gasteiger partial charge on any atom is -0.370 e. The second-order valence-corrected chi connectivity index (χ2v) is 7.36. The Morgan fingerprint density at radius 1 is 1.28 bits per heavy atom. The smallest absolute Gasteiger partial charge is 0.370 e. The zero-order valence-electron chi connectivity index (χ0n) is 16.9. The van der Waals surface area contributed by atoms with E-state index in [1.807, 2.05) is 43.6 Å². The molecule has 0 radical (unpaired) electrons. The zero-order valence-corrected chi connectivity index (χ0v) is 16.9. The van der Waals surface area contributed by atoms with Crippen molar-refractivity contribution in [2.75, 3.05) is 27.2 Å². The summed E-state index contributed by atoms with van der Waals surface area (Å²) in [6, 6.07) is 4.04. The van der Waals surface area contributed by atoms with Gasteiger partial charge in [0, 0.05) is 33.4 Å². The quantitative estimate of drug-likeness (QED) is 0.628. The molecule has 156 valence electrons. The van der Waals surface area contributed by atoms with Crippen molar-refractivity contribution in [1.29, 1.82) is 0 Å². The highest BCUT2D eigenvalue weighted by molar-refractivity contribution is 5.65. The molecule has 0 aromatic carbocycles. The van der Waals surface area contributed by atoms with E-state index in [0.29, 0.717) is 6.54 Å². The monoisotopic (exact) mass is 404 g/mol. The van der Waals surface area contributed by atoms with Gasteiger partial charge < -0.3 is 9.91 Å². The lowest BCUT2D eigenvalue weighted by molar-refractivity contribution is -0.141. The van der Waals surface area contributed by atoms with Crippen LogP contribution in [0.5, 0.6) is 0 Å². The number of hydrogen-bond donors (Lipinski definition) is 0. The number of aryl methyl sites for hydroxylation is 1. The lowest BCUT2D eigenvalue weighted by atomic mass is 9.95. The molecule has 1 unspecified atom stereocenters. The lowest BCUT2D eigenvalue weighted by Gasteiger charge is -2.31. The van der Waals surface area contributed by atoms with Crippen LogP contribution in [0.15, 0.2) is 61.0 Å². The van der Waals surface area contributed by atoms with E-state index in [1.54, 1.807) is 23.3 Å². The normalized spacial score (nSPS) is 20.1. The van der Waals surface area contributed by atoms with Gasteiger partial charge in [0.15, 0.2) is 0 Å². The largest absolute Gasteiger partial charge is 0.390 e. The van der Waals surface area contributed by atoms with Crippen molar-refractivity contribution in [2.24, 2.45) is 0 Å². The molecule has 1 aromatic rings. The molecule has 3 rings (SSSR count). The summed E-state index contributed by atoms with van der Waals surface area (Å²) in [6.07, 6.45) is 8.26. The first-order chi connectivity index (χ1) is 13.8. The van der Waals surface area contributed by atoms with E-state index in [9.17, 15) is 13.2 Å². The first kappa shape index (κ1) is 21.2. The molecule has 3 heterocycles. The van der Waals surface area contributed by atoms with E-state index in [1.165, 1.54) is 5.57 Å². The third-order valence-electron chi connectivity index (χ3n) is 5.34. The summed E-state index contributed by atoms with van der Waals surface area (Å²) in [7, 11) is 3.81. The standard InChI is InChI=1S/C22H27F3N4/c1-4-19-17(8-6-14-27(19)2)9-10-18-7-5-13-26-21(18)20-11-15-28(3)29(20)16-12-22(23,24)25/h4-8,11,13-14,19H,1,9-10,12,15-16H2,2-3H3. The number of likely N-dealkylation sites (N-methyl/N-ethyl adjacent to an activating group) is 2. The topological polar surface area (TPSA) is 22.6 Å². The number of pyridine rings is 1. The number of alkyl halides is 3. The summed E-state index contributed by atoms with van der Waals surface area (Å²) in [5.74, 6) is 0. The number of halogens is 3. The first-order valence-electron chi connectivity index (χ1n) is 9.71. The van der Waals surface area contributed by atoms with Crippen molar-refractivity contribution in [3.63, 3.8) is 0 Å². The van der Waals surface area contributed by atoms with E-state index < -0.39 is 12.6 Å². The number of hydrazine groups is 1. The third-order valence-corrected chi connectivity index (χ3v) is 5.34. The van der Waals surface area contributed by atoms with Gasteiger partial charge in [0.25, 0.3) is 0 Å². The van der Waals surface area contributed by atoms with Crippen molar-refractivity contribution in [3.8, 4) is 0 Å². The van der Waals surface area contributed by atoms with Crippen LogP contribution in [0.4, 0.5) is 13.2 Å². The summed E-state index contributed by atoms with van der Waals surface area (Å²) in [6.45, 7) is 4.40. The molecule has 0 saturated carbocycles. The van der Waals surface area contributed by atoms with Crippen LogP contribution in [0.2, 0.25) is 0 Å². The molecule has 0 fully saturated rings. The van der Waals surface area contributed by atoms with Gasteiger partial charge in [-0.05, 0) is 48.4 Å². The van der Waals surface area contributed by atoms with E-state index in [-0.39, 0.29) is 12.6 Å². The molecular formula is C22H27F3N4. The fraction of sp³-hybridized carbons (Fsp3) is 0.409. The highest BCUT2D eigenvalue weighted by atomic mass is 19.4. The number of rotatable bonds is 7. The third kappa shape index (κ3) is 5.09. The molecular weight excluding hydrogens is 377 g/mol. The van der Waals surface area contributed by atoms with Gasteiger partial charge in [-0.3, -0.25) is 4.98 Å². The number of aromatic nitrogens is 1. The molecule has 4 nitrogen and oxygen atoms in total. The summed E-state index contributed by atoms with van der Waals surface area (Å²) in [5, 5.41) is 3.49. The Morgan fingerprint density at radius 3 is 2.79 bits per heavy atom. The van der Waals surface area contributed by atoms with Gasteiger partial charge in [-0.1, -0.05) is 18.2 Å². The highest BCUT2D eigenvalue weighted by Gasteiger charge is 2.32. The Labute approximate surface area is 170 Å². The molecule has 0 N–H and O–H groups in total. The number of hydrogen-bond acceptors (Lipinski definition) is 4. The van der Waals surface area contributed by atoms with E-state index in [2.05, 4.69) is 22.5 Å². The van der Waals surface area contributed by atoms with Crippen LogP contribution in [-0.2, 0) is 6.42 Å². The lowest BCUT2D eigenvalue weighted by Crippen LogP contribution is -2.36. The molecule has 7 heteroatoms. The van der Waals surface area contributed by atoms with Crippen LogP contribution < -0.4 is 0 Å². The Morgan fingerprint density at radius 2 is 2.07 bits per heavy atom. The molecule has 0 aliphatic carbocycles. The van der Waals surface area contributed by atoms with Crippen LogP contribution >= 0.6 is 0 Å². The van der Waals surface area contributed by atoms with Crippen molar-refractivity contribution < 1.29 is 13.2 Å². The zero-order chi connectivity index (χ0) is 21.0. The molecule has 29 heavy (non-hydrogen) atoms. The average Bonchev–Trinajstić information content (AvgIpc) is 3.04. The predicted octanol–water partition coefficient (Wildman–Crippen LogP) is 4.41. The SMILES string of the molecule is C=CC1C(CCc2cccnc2C2=CCN(C)N2CCC(F)(F)F)=CC=CN1C. The van der Waals surface area contributed by atoms with Crippen molar-refractivity contribution >= 4 is 5.70 Å². The predicted molar refractivity (Wildman–Crippen MR) is 110 cm³/mol. The van der Waals surface area contributed by atoms with E-state index in [4.69, 9.17) is 0 Å². The van der Waals surface area contributed by atoms with Gasteiger partial charge in [-0.2, -0.15) is 13.2 Å². The van der Waals surface area contributed by atoms with Gasteiger partial charge in [-0.25, -0.2) is 5.01 Å². The maximum absolute atomic E-state index is 12.8. The summed E-state index contributed by atoms with van der Waals surface area (Å²) in [5.41, 5.74) is 3.80. The van der Waals surface area contributed by atoms with Crippen molar-refractivity contribution in [1.82, 2.24) is 19.9 Å². The van der Waals surface area contributed by atoms with E-state index in [0.717, 1.165) is 29.8 Å². The minimum atomic E-state index is -4.19. The van der Waals surface area contributed by atoms with Crippen LogP contribution in [0.3, 0.4) is 0 Å². The maximum atomic E-state index is 12.8. The van der Waals surface area contributed by atoms with Gasteiger partial charge in [0.05, 0.1) is 23.9 Å². The minimum absolute atomic E-state index is 0.110. The van der Waals surface area contributed by atoms with Crippen LogP contribution in [0.1, 0.15) is 24.1 Å². The van der Waals surface area contributed by atoms with E-state index >= 15 is 0 Å². The fourth-order valence-corrected chi connectivity index (χ4v) is 3.80. The molecule has 0 spiro atoms. The molecule has 0 amide bonds. The van der Waals surface area contributed by atoms with Crippen LogP contribution in [0.25, 0.3) is 5.70 Å². The maximum Gasteiger partial charge on any atom is 0.390 e. The van der Waals surface area contributed by atoms with Crippen molar-refractivity contribution in [3.05, 3.63) is 72.2 Å². The molecule has 0 saturated heterocycles. The van der Waals surface area contributed by atoms with Crippen LogP contribution in [-0.4, -0.2) is 59.3 Å². The Balaban J connectivity index is 1.77. The Kier molecular flexibility index (Phi) is 6.47. The molecule has 2 aliphatic rings. The molecule has 1 atom stereocenters. The number of allylic oxidation sites excluding steroid dienone is 2. The summed E-state index contributed by atoms with van der Waals surface area (Å²) < 4.78 is 38.3. The van der Waals surface area contributed by atoms with Crippen LogP contribution in [0, 0.1) is 0 Å². The van der Waals surface area contributed by atoms with Gasteiger partial charge >= 0.3 is 6.18 Å². The van der Waals surface area contributed by atoms with Crippen molar-refractivity contribution in [2.45, 2.75) is 31.5 Å². The molecule has 0 bridgehead atoms. The Bertz CT molecular complexity index is 826. The highest BCUT2D eigenvalue weighted by Crippen LogP contribution is 2.30. The summed E-state index contributed by atoms with van der Waals surface area (Å²) >= 11 is 0. The Hall–Kier alpha value is -2.54. The van der Waals surface area contributed by atoms with Gasteiger partial charge in [0.1, 0.15) is 0 Å². The number of nitrogens with zero attached hydrogens (tertiary/aromatic N) is 4. The molecule has 1 aromatic heterocycles. The second-order valence-electron chi connectivity index (χ2n) is 7.36. The van der Waals surface area contributed by atoms with Gasteiger partial charge in [-0.15, -0.1) is 6.58 Å². The summed E-state index contributed by atoms with van der Waals surface area (Å²) in [4.78, 5) is 6.64. The second kappa shape index (κ2) is 8.86. The fourth-order valence-electron chi connectivity index (χ4n) is 3.80. The first-order valence-corrected chi connectivity index (χ1v) is 9.71.